The van der Waals surface area contributed by atoms with Gasteiger partial charge in [-0.05, 0) is 87.0 Å². The molecule has 3 N–H and O–H groups in total. The van der Waals surface area contributed by atoms with Crippen molar-refractivity contribution in [1.29, 1.82) is 0 Å². The van der Waals surface area contributed by atoms with Crippen LogP contribution in [0.15, 0.2) is 35.5 Å². The molecule has 3 aliphatic carbocycles. The van der Waals surface area contributed by atoms with E-state index in [2.05, 4.69) is 37.5 Å². The molecule has 3 saturated carbocycles. The van der Waals surface area contributed by atoms with E-state index < -0.39 is 17.8 Å². The maximum atomic E-state index is 10.3. The normalized spacial score (nSPS) is 45.4. The quantitative estimate of drug-likeness (QED) is 0.586. The highest BCUT2D eigenvalue weighted by Crippen LogP contribution is 2.59. The third kappa shape index (κ3) is 4.73. The summed E-state index contributed by atoms with van der Waals surface area (Å²) in [6.45, 7) is 13.7. The van der Waals surface area contributed by atoms with Crippen LogP contribution >= 0.6 is 0 Å². The first-order valence-corrected chi connectivity index (χ1v) is 12.5. The molecule has 4 nitrogen and oxygen atoms in total. The van der Waals surface area contributed by atoms with Gasteiger partial charge in [0.05, 0.1) is 17.8 Å². The number of aliphatic hydroxyl groups excluding tert-OH is 2. The zero-order valence-corrected chi connectivity index (χ0v) is 19.8. The number of β-amino-alcohol motifs (C(OH)–C–C–N with tert-alkyl or cyclic N) is 1. The average molecular weight is 430 g/mol. The van der Waals surface area contributed by atoms with Crippen molar-refractivity contribution in [2.75, 3.05) is 19.6 Å². The van der Waals surface area contributed by atoms with Crippen molar-refractivity contribution in [3.05, 3.63) is 35.5 Å². The number of hydrogen-bond donors (Lipinski definition) is 3. The van der Waals surface area contributed by atoms with Crippen LogP contribution in [-0.2, 0) is 0 Å². The van der Waals surface area contributed by atoms with Crippen LogP contribution in [0.5, 0.6) is 0 Å². The fourth-order valence-electron chi connectivity index (χ4n) is 7.37. The van der Waals surface area contributed by atoms with Crippen LogP contribution in [-0.4, -0.2) is 57.7 Å². The van der Waals surface area contributed by atoms with Gasteiger partial charge >= 0.3 is 0 Å². The molecule has 0 amide bonds. The van der Waals surface area contributed by atoms with Crippen molar-refractivity contribution in [2.24, 2.45) is 23.2 Å². The molecule has 4 fully saturated rings. The lowest BCUT2D eigenvalue weighted by Crippen LogP contribution is -2.40. The fourth-order valence-corrected chi connectivity index (χ4v) is 7.37. The molecule has 4 aliphatic rings. The minimum Gasteiger partial charge on any atom is -0.389 e. The lowest BCUT2D eigenvalue weighted by atomic mass is 9.61. The van der Waals surface area contributed by atoms with Crippen LogP contribution in [0, 0.1) is 23.2 Å². The molecule has 1 aliphatic heterocycles. The van der Waals surface area contributed by atoms with Crippen molar-refractivity contribution in [2.45, 2.75) is 89.9 Å². The van der Waals surface area contributed by atoms with Crippen molar-refractivity contribution < 1.29 is 15.3 Å². The number of hydrogen-bond acceptors (Lipinski definition) is 4. The van der Waals surface area contributed by atoms with Gasteiger partial charge in [0.15, 0.2) is 0 Å². The summed E-state index contributed by atoms with van der Waals surface area (Å²) in [6.07, 6.45) is 11.7. The number of fused-ring (bicyclic) bond motifs is 1. The molecule has 1 saturated heterocycles. The largest absolute Gasteiger partial charge is 0.389 e. The predicted octanol–water partition coefficient (Wildman–Crippen LogP) is 4.22. The molecule has 0 aromatic rings. The van der Waals surface area contributed by atoms with E-state index in [1.807, 2.05) is 6.92 Å². The van der Waals surface area contributed by atoms with Crippen LogP contribution in [0.25, 0.3) is 0 Å². The van der Waals surface area contributed by atoms with E-state index in [1.165, 1.54) is 32.1 Å². The molecule has 1 heterocycles. The lowest BCUT2D eigenvalue weighted by Gasteiger charge is -2.45. The second-order valence-electron chi connectivity index (χ2n) is 11.6. The standard InChI is InChI=1S/C27H43NO3/c1-18(16-28-13-12-26(3,31)17-28)22-9-10-23-21(6-5-11-27(22,23)4)8-7-20-14-24(29)19(2)25(30)15-20/h7-8,18,22-25,29-31H,2,5-6,9-17H2,1,3-4H3/b20-7?,21-8+/t18?,22-,23+,24-,25+,26-,27-/m1/s1. The summed E-state index contributed by atoms with van der Waals surface area (Å²) >= 11 is 0. The first kappa shape index (κ1) is 23.2. The molecule has 4 rings (SSSR count). The number of nitrogens with zero attached hydrogens (tertiary/aromatic N) is 1. The van der Waals surface area contributed by atoms with Gasteiger partial charge in [-0.15, -0.1) is 0 Å². The first-order valence-electron chi connectivity index (χ1n) is 12.5. The second kappa shape index (κ2) is 8.78. The van der Waals surface area contributed by atoms with E-state index in [-0.39, 0.29) is 0 Å². The Morgan fingerprint density at radius 3 is 2.48 bits per heavy atom. The van der Waals surface area contributed by atoms with Gasteiger partial charge in [0.25, 0.3) is 0 Å². The zero-order valence-electron chi connectivity index (χ0n) is 19.8. The van der Waals surface area contributed by atoms with Gasteiger partial charge in [-0.2, -0.15) is 0 Å². The highest BCUT2D eigenvalue weighted by atomic mass is 16.3. The third-order valence-corrected chi connectivity index (χ3v) is 9.10. The summed E-state index contributed by atoms with van der Waals surface area (Å²) in [7, 11) is 0. The Bertz CT molecular complexity index is 738. The van der Waals surface area contributed by atoms with Crippen LogP contribution in [0.1, 0.15) is 72.1 Å². The SMILES string of the molecule is C=C1[C@H](O)CC(=C/C=C2\CCC[C@]3(C)[C@@H](C(C)CN4CC[C@@](C)(O)C4)CC[C@@H]23)C[C@@H]1O. The fraction of sp³-hybridized carbons (Fsp3) is 0.778. The third-order valence-electron chi connectivity index (χ3n) is 9.10. The van der Waals surface area contributed by atoms with Gasteiger partial charge in [-0.25, -0.2) is 0 Å². The van der Waals surface area contributed by atoms with Crippen LogP contribution in [0.3, 0.4) is 0 Å². The lowest BCUT2D eigenvalue weighted by molar-refractivity contribution is 0.0549. The number of likely N-dealkylation sites (tertiary alicyclic amines) is 1. The Morgan fingerprint density at radius 1 is 1.13 bits per heavy atom. The van der Waals surface area contributed by atoms with Crippen LogP contribution in [0.2, 0.25) is 0 Å². The molecule has 0 spiro atoms. The Labute approximate surface area is 188 Å². The summed E-state index contributed by atoms with van der Waals surface area (Å²) in [5.74, 6) is 2.04. The van der Waals surface area contributed by atoms with Gasteiger partial charge in [-0.3, -0.25) is 0 Å². The molecule has 0 aromatic carbocycles. The van der Waals surface area contributed by atoms with Crippen molar-refractivity contribution in [3.8, 4) is 0 Å². The number of allylic oxidation sites excluding steroid dienone is 3. The van der Waals surface area contributed by atoms with Gasteiger partial charge in [-0.1, -0.05) is 43.7 Å². The molecule has 0 radical (unpaired) electrons. The van der Waals surface area contributed by atoms with E-state index in [0.717, 1.165) is 37.5 Å². The topological polar surface area (TPSA) is 63.9 Å². The maximum absolute atomic E-state index is 10.3. The summed E-state index contributed by atoms with van der Waals surface area (Å²) < 4.78 is 0. The summed E-state index contributed by atoms with van der Waals surface area (Å²) in [4.78, 5) is 2.47. The van der Waals surface area contributed by atoms with Crippen molar-refractivity contribution in [1.82, 2.24) is 4.90 Å². The maximum Gasteiger partial charge on any atom is 0.0809 e. The molecular weight excluding hydrogens is 386 g/mol. The molecular formula is C27H43NO3. The number of aliphatic hydroxyl groups is 3. The minimum absolute atomic E-state index is 0.365. The summed E-state index contributed by atoms with van der Waals surface area (Å²) in [5, 5.41) is 30.6. The van der Waals surface area contributed by atoms with Crippen LogP contribution < -0.4 is 0 Å². The minimum atomic E-state index is -0.618. The van der Waals surface area contributed by atoms with Crippen molar-refractivity contribution in [3.63, 3.8) is 0 Å². The van der Waals surface area contributed by atoms with Gasteiger partial charge in [0, 0.05) is 19.6 Å². The van der Waals surface area contributed by atoms with E-state index in [9.17, 15) is 15.3 Å². The Morgan fingerprint density at radius 2 is 1.84 bits per heavy atom. The van der Waals surface area contributed by atoms with E-state index in [4.69, 9.17) is 0 Å². The summed E-state index contributed by atoms with van der Waals surface area (Å²) in [5.41, 5.74) is 3.12. The van der Waals surface area contributed by atoms with Crippen LogP contribution in [0.4, 0.5) is 0 Å². The molecule has 174 valence electrons. The summed E-state index contributed by atoms with van der Waals surface area (Å²) in [6, 6.07) is 0. The molecule has 0 aromatic heterocycles. The Kier molecular flexibility index (Phi) is 6.58. The Hall–Kier alpha value is -0.940. The molecule has 1 unspecified atom stereocenters. The first-order chi connectivity index (χ1) is 14.6. The molecule has 0 bridgehead atoms. The highest BCUT2D eigenvalue weighted by Gasteiger charge is 2.51. The van der Waals surface area contributed by atoms with E-state index >= 15 is 0 Å². The molecule has 7 atom stereocenters. The molecule has 4 heteroatoms. The van der Waals surface area contributed by atoms with E-state index in [0.29, 0.717) is 35.7 Å². The average Bonchev–Trinajstić information content (AvgIpc) is 3.22. The van der Waals surface area contributed by atoms with Crippen molar-refractivity contribution >= 4 is 0 Å². The van der Waals surface area contributed by atoms with E-state index in [1.54, 1.807) is 5.57 Å². The highest BCUT2D eigenvalue weighted by molar-refractivity contribution is 5.29. The second-order valence-corrected chi connectivity index (χ2v) is 11.6. The van der Waals surface area contributed by atoms with Gasteiger partial charge in [0.2, 0.25) is 0 Å². The monoisotopic (exact) mass is 429 g/mol. The molecule has 31 heavy (non-hydrogen) atoms. The smallest absolute Gasteiger partial charge is 0.0809 e. The predicted molar refractivity (Wildman–Crippen MR) is 126 cm³/mol. The number of rotatable bonds is 4. The van der Waals surface area contributed by atoms with Gasteiger partial charge in [0.1, 0.15) is 0 Å². The Balaban J connectivity index is 1.44. The zero-order chi connectivity index (χ0) is 22.4. The van der Waals surface area contributed by atoms with Gasteiger partial charge < -0.3 is 20.2 Å².